The lowest BCUT2D eigenvalue weighted by atomic mass is 10.0. The molecule has 0 fully saturated rings. The van der Waals surface area contributed by atoms with E-state index >= 15 is 0 Å². The maximum Gasteiger partial charge on any atom is 0.338 e. The number of ether oxygens (including phenoxy) is 1. The average Bonchev–Trinajstić information content (AvgIpc) is 2.41. The van der Waals surface area contributed by atoms with Gasteiger partial charge in [0.1, 0.15) is 0 Å². The first-order chi connectivity index (χ1) is 9.47. The van der Waals surface area contributed by atoms with E-state index in [1.54, 1.807) is 6.07 Å². The first-order valence-corrected chi connectivity index (χ1v) is 6.21. The number of benzene rings is 2. The summed E-state index contributed by atoms with van der Waals surface area (Å²) in [5.74, 6) is -1.29. The standard InChI is InChI=1S/C17H15FO2/c1-11(2)17(19)20-16-9-8-14(10-15(16)18)13-6-4-12(3)5-7-13/h4-10H,1H2,2-3H3. The fourth-order valence-corrected chi connectivity index (χ4v) is 1.70. The minimum Gasteiger partial charge on any atom is -0.420 e. The van der Waals surface area contributed by atoms with Gasteiger partial charge < -0.3 is 4.74 Å². The van der Waals surface area contributed by atoms with Crippen LogP contribution in [0.3, 0.4) is 0 Å². The fourth-order valence-electron chi connectivity index (χ4n) is 1.70. The van der Waals surface area contributed by atoms with Crippen LogP contribution in [0.1, 0.15) is 12.5 Å². The second kappa shape index (κ2) is 5.70. The van der Waals surface area contributed by atoms with E-state index in [2.05, 4.69) is 6.58 Å². The maximum atomic E-state index is 13.9. The molecule has 102 valence electrons. The molecule has 2 aromatic rings. The zero-order chi connectivity index (χ0) is 14.7. The SMILES string of the molecule is C=C(C)C(=O)Oc1ccc(-c2ccc(C)cc2)cc1F. The highest BCUT2D eigenvalue weighted by atomic mass is 19.1. The first-order valence-electron chi connectivity index (χ1n) is 6.21. The van der Waals surface area contributed by atoms with Crippen molar-refractivity contribution in [3.63, 3.8) is 0 Å². The van der Waals surface area contributed by atoms with E-state index in [1.165, 1.54) is 19.1 Å². The number of esters is 1. The van der Waals surface area contributed by atoms with Crippen molar-refractivity contribution in [2.24, 2.45) is 0 Å². The third-order valence-electron chi connectivity index (χ3n) is 2.87. The molecule has 20 heavy (non-hydrogen) atoms. The highest BCUT2D eigenvalue weighted by Gasteiger charge is 2.11. The van der Waals surface area contributed by atoms with Gasteiger partial charge in [-0.2, -0.15) is 0 Å². The summed E-state index contributed by atoms with van der Waals surface area (Å²) in [5.41, 5.74) is 3.01. The van der Waals surface area contributed by atoms with E-state index in [-0.39, 0.29) is 11.3 Å². The van der Waals surface area contributed by atoms with Gasteiger partial charge in [0, 0.05) is 5.57 Å². The Morgan fingerprint density at radius 3 is 2.25 bits per heavy atom. The predicted octanol–water partition coefficient (Wildman–Crippen LogP) is 4.28. The van der Waals surface area contributed by atoms with Crippen molar-refractivity contribution in [3.8, 4) is 16.9 Å². The molecule has 0 heterocycles. The van der Waals surface area contributed by atoms with Gasteiger partial charge in [0.05, 0.1) is 0 Å². The molecule has 0 saturated carbocycles. The smallest absolute Gasteiger partial charge is 0.338 e. The topological polar surface area (TPSA) is 26.3 Å². The molecule has 2 nitrogen and oxygen atoms in total. The third kappa shape index (κ3) is 3.12. The van der Waals surface area contributed by atoms with Gasteiger partial charge in [0.2, 0.25) is 0 Å². The Hall–Kier alpha value is -2.42. The van der Waals surface area contributed by atoms with E-state index in [9.17, 15) is 9.18 Å². The quantitative estimate of drug-likeness (QED) is 0.472. The number of carbonyl (C=O) groups excluding carboxylic acids is 1. The molecule has 0 bridgehead atoms. The van der Waals surface area contributed by atoms with Crippen molar-refractivity contribution in [1.29, 1.82) is 0 Å². The molecule has 0 unspecified atom stereocenters. The normalized spacial score (nSPS) is 10.2. The molecule has 0 aliphatic rings. The lowest BCUT2D eigenvalue weighted by molar-refractivity contribution is -0.130. The Labute approximate surface area is 117 Å². The summed E-state index contributed by atoms with van der Waals surface area (Å²) in [6.07, 6.45) is 0. The second-order valence-corrected chi connectivity index (χ2v) is 4.68. The van der Waals surface area contributed by atoms with Gasteiger partial charge in [-0.15, -0.1) is 0 Å². The zero-order valence-corrected chi connectivity index (χ0v) is 11.4. The molecule has 0 radical (unpaired) electrons. The highest BCUT2D eigenvalue weighted by molar-refractivity contribution is 5.88. The van der Waals surface area contributed by atoms with E-state index in [4.69, 9.17) is 4.74 Å². The summed E-state index contributed by atoms with van der Waals surface area (Å²) in [7, 11) is 0. The van der Waals surface area contributed by atoms with Gasteiger partial charge >= 0.3 is 5.97 Å². The van der Waals surface area contributed by atoms with Crippen molar-refractivity contribution in [2.75, 3.05) is 0 Å². The first kappa shape index (κ1) is 14.0. The molecule has 0 N–H and O–H groups in total. The van der Waals surface area contributed by atoms with Gasteiger partial charge in [-0.05, 0) is 37.1 Å². The molecular formula is C17H15FO2. The minimum absolute atomic E-state index is 0.0890. The van der Waals surface area contributed by atoms with Gasteiger partial charge in [0.15, 0.2) is 11.6 Å². The maximum absolute atomic E-state index is 13.9. The van der Waals surface area contributed by atoms with Gasteiger partial charge in [-0.25, -0.2) is 9.18 Å². The number of hydrogen-bond donors (Lipinski definition) is 0. The Kier molecular flexibility index (Phi) is 3.99. The van der Waals surface area contributed by atoms with Gasteiger partial charge in [-0.3, -0.25) is 0 Å². The van der Waals surface area contributed by atoms with E-state index in [0.717, 1.165) is 16.7 Å². The fraction of sp³-hybridized carbons (Fsp3) is 0.118. The van der Waals surface area contributed by atoms with E-state index in [1.807, 2.05) is 31.2 Å². The summed E-state index contributed by atoms with van der Waals surface area (Å²) in [5, 5.41) is 0. The lowest BCUT2D eigenvalue weighted by Crippen LogP contribution is -2.09. The van der Waals surface area contributed by atoms with Crippen LogP contribution in [0.5, 0.6) is 5.75 Å². The molecule has 2 rings (SSSR count). The molecule has 0 aliphatic carbocycles. The van der Waals surface area contributed by atoms with Crippen LogP contribution < -0.4 is 4.74 Å². The average molecular weight is 270 g/mol. The van der Waals surface area contributed by atoms with Crippen molar-refractivity contribution in [1.82, 2.24) is 0 Å². The molecular weight excluding hydrogens is 255 g/mol. The number of hydrogen-bond acceptors (Lipinski definition) is 2. The Balaban J connectivity index is 2.28. The molecule has 2 aromatic carbocycles. The molecule has 0 atom stereocenters. The number of aryl methyl sites for hydroxylation is 1. The number of halogens is 1. The predicted molar refractivity (Wildman–Crippen MR) is 77.0 cm³/mol. The van der Waals surface area contributed by atoms with Crippen molar-refractivity contribution in [2.45, 2.75) is 13.8 Å². The van der Waals surface area contributed by atoms with Gasteiger partial charge in [-0.1, -0.05) is 42.5 Å². The van der Waals surface area contributed by atoms with Crippen LogP contribution in [0.2, 0.25) is 0 Å². The van der Waals surface area contributed by atoms with Crippen LogP contribution in [-0.4, -0.2) is 5.97 Å². The van der Waals surface area contributed by atoms with Crippen LogP contribution in [0.25, 0.3) is 11.1 Å². The monoisotopic (exact) mass is 270 g/mol. The van der Waals surface area contributed by atoms with Gasteiger partial charge in [0.25, 0.3) is 0 Å². The molecule has 0 aliphatic heterocycles. The summed E-state index contributed by atoms with van der Waals surface area (Å²) in [6.45, 7) is 6.96. The summed E-state index contributed by atoms with van der Waals surface area (Å²) < 4.78 is 18.8. The molecule has 3 heteroatoms. The van der Waals surface area contributed by atoms with E-state index in [0.29, 0.717) is 0 Å². The van der Waals surface area contributed by atoms with Crippen molar-refractivity contribution < 1.29 is 13.9 Å². The summed E-state index contributed by atoms with van der Waals surface area (Å²) in [4.78, 5) is 11.4. The number of carbonyl (C=O) groups is 1. The third-order valence-corrected chi connectivity index (χ3v) is 2.87. The van der Waals surface area contributed by atoms with Crippen LogP contribution in [0.4, 0.5) is 4.39 Å². The van der Waals surface area contributed by atoms with E-state index < -0.39 is 11.8 Å². The Morgan fingerprint density at radius 2 is 1.70 bits per heavy atom. The molecule has 0 spiro atoms. The van der Waals surface area contributed by atoms with Crippen LogP contribution in [0.15, 0.2) is 54.6 Å². The lowest BCUT2D eigenvalue weighted by Gasteiger charge is -2.07. The van der Waals surface area contributed by atoms with Crippen molar-refractivity contribution >= 4 is 5.97 Å². The molecule has 0 saturated heterocycles. The van der Waals surface area contributed by atoms with Crippen LogP contribution in [0, 0.1) is 12.7 Å². The van der Waals surface area contributed by atoms with Crippen LogP contribution >= 0.6 is 0 Å². The largest absolute Gasteiger partial charge is 0.420 e. The number of rotatable bonds is 3. The molecule has 0 amide bonds. The minimum atomic E-state index is -0.632. The summed E-state index contributed by atoms with van der Waals surface area (Å²) in [6, 6.07) is 12.3. The summed E-state index contributed by atoms with van der Waals surface area (Å²) >= 11 is 0. The molecule has 0 aromatic heterocycles. The van der Waals surface area contributed by atoms with Crippen LogP contribution in [-0.2, 0) is 4.79 Å². The Bertz CT molecular complexity index is 657. The zero-order valence-electron chi connectivity index (χ0n) is 11.4. The highest BCUT2D eigenvalue weighted by Crippen LogP contribution is 2.26. The Morgan fingerprint density at radius 1 is 1.10 bits per heavy atom. The van der Waals surface area contributed by atoms with Crippen molar-refractivity contribution in [3.05, 3.63) is 66.0 Å². The second-order valence-electron chi connectivity index (χ2n) is 4.68.